The number of rotatable bonds is 13. The van der Waals surface area contributed by atoms with E-state index in [-0.39, 0.29) is 12.0 Å². The van der Waals surface area contributed by atoms with Crippen LogP contribution in [-0.2, 0) is 16.9 Å². The van der Waals surface area contributed by atoms with Gasteiger partial charge in [-0.25, -0.2) is 9.97 Å². The molecule has 2 heterocycles. The Bertz CT molecular complexity index is 1510. The van der Waals surface area contributed by atoms with Crippen LogP contribution in [0.15, 0.2) is 84.0 Å². The number of methoxy groups -OCH3 is 2. The van der Waals surface area contributed by atoms with E-state index in [0.29, 0.717) is 23.0 Å². The van der Waals surface area contributed by atoms with E-state index in [2.05, 4.69) is 28.4 Å². The second kappa shape index (κ2) is 14.9. The average Bonchev–Trinajstić information content (AvgIpc) is 3.59. The zero-order chi connectivity index (χ0) is 30.0. The van der Waals surface area contributed by atoms with Crippen molar-refractivity contribution >= 4 is 23.5 Å². The van der Waals surface area contributed by atoms with Crippen molar-refractivity contribution in [2.24, 2.45) is 0 Å². The van der Waals surface area contributed by atoms with Gasteiger partial charge in [0, 0.05) is 49.7 Å². The molecule has 1 unspecified atom stereocenters. The summed E-state index contributed by atoms with van der Waals surface area (Å²) in [5, 5.41) is 3.69. The van der Waals surface area contributed by atoms with Crippen LogP contribution in [0, 0.1) is 0 Å². The molecule has 0 spiro atoms. The van der Waals surface area contributed by atoms with Gasteiger partial charge in [-0.15, -0.1) is 0 Å². The molecule has 1 fully saturated rings. The summed E-state index contributed by atoms with van der Waals surface area (Å²) in [5.74, 6) is 2.84. The lowest BCUT2D eigenvalue weighted by molar-refractivity contribution is 0.0857. The summed E-state index contributed by atoms with van der Waals surface area (Å²) in [6, 6.07) is 25.9. The summed E-state index contributed by atoms with van der Waals surface area (Å²) in [6.07, 6.45) is 2.97. The van der Waals surface area contributed by atoms with Crippen molar-refractivity contribution in [3.05, 3.63) is 95.6 Å². The highest BCUT2D eigenvalue weighted by Crippen LogP contribution is 2.29. The molecular weight excluding hydrogens is 560 g/mol. The molecule has 5 rings (SSSR count). The van der Waals surface area contributed by atoms with Crippen molar-refractivity contribution in [1.82, 2.24) is 15.3 Å². The van der Waals surface area contributed by atoms with Gasteiger partial charge in [-0.1, -0.05) is 60.3 Å². The van der Waals surface area contributed by atoms with Crippen LogP contribution in [0.1, 0.15) is 34.3 Å². The van der Waals surface area contributed by atoms with Crippen LogP contribution in [0.4, 0.5) is 5.82 Å². The number of thioether (sulfide) groups is 1. The van der Waals surface area contributed by atoms with Crippen molar-refractivity contribution < 1.29 is 19.0 Å². The highest BCUT2D eigenvalue weighted by molar-refractivity contribution is 7.98. The molecule has 1 amide bonds. The number of ether oxygens (including phenoxy) is 3. The van der Waals surface area contributed by atoms with Crippen LogP contribution in [0.2, 0.25) is 0 Å². The third kappa shape index (κ3) is 8.27. The first-order valence-electron chi connectivity index (χ1n) is 14.5. The van der Waals surface area contributed by atoms with Gasteiger partial charge < -0.3 is 24.4 Å². The molecule has 1 N–H and O–H groups in total. The summed E-state index contributed by atoms with van der Waals surface area (Å²) < 4.78 is 16.5. The average molecular weight is 599 g/mol. The Balaban J connectivity index is 1.29. The van der Waals surface area contributed by atoms with Crippen molar-refractivity contribution in [2.45, 2.75) is 36.3 Å². The molecule has 3 aromatic carbocycles. The monoisotopic (exact) mass is 598 g/mol. The van der Waals surface area contributed by atoms with Crippen LogP contribution >= 0.6 is 11.8 Å². The van der Waals surface area contributed by atoms with Gasteiger partial charge in [0.1, 0.15) is 5.82 Å². The molecule has 9 heteroatoms. The fourth-order valence-electron chi connectivity index (χ4n) is 4.94. The Morgan fingerprint density at radius 2 is 1.81 bits per heavy atom. The number of carbonyl (C=O) groups excluding carboxylic acids is 1. The lowest BCUT2D eigenvalue weighted by Gasteiger charge is -2.20. The number of amides is 1. The summed E-state index contributed by atoms with van der Waals surface area (Å²) in [6.45, 7) is 2.07. The zero-order valence-electron chi connectivity index (χ0n) is 24.9. The van der Waals surface area contributed by atoms with Crippen LogP contribution in [0.5, 0.6) is 11.5 Å². The van der Waals surface area contributed by atoms with Gasteiger partial charge in [-0.3, -0.25) is 4.79 Å². The first kappa shape index (κ1) is 30.4. The van der Waals surface area contributed by atoms with Gasteiger partial charge in [-0.05, 0) is 54.7 Å². The van der Waals surface area contributed by atoms with Gasteiger partial charge in [0.05, 0.1) is 26.0 Å². The molecule has 43 heavy (non-hydrogen) atoms. The molecule has 0 saturated carbocycles. The third-order valence-corrected chi connectivity index (χ3v) is 8.33. The van der Waals surface area contributed by atoms with Gasteiger partial charge in [0.2, 0.25) is 0 Å². The summed E-state index contributed by atoms with van der Waals surface area (Å²) in [4.78, 5) is 24.7. The fourth-order valence-corrected chi connectivity index (χ4v) is 5.74. The smallest absolute Gasteiger partial charge is 0.251 e. The SMILES string of the molecule is COc1ccc(CCN(C)c2cc(-c3ccccc3)nc(SCc3cccc(C(=O)NCC4CCCO4)c3)n2)cc1OC. The topological polar surface area (TPSA) is 85.8 Å². The molecule has 1 saturated heterocycles. The van der Waals surface area contributed by atoms with Crippen molar-refractivity contribution in [2.75, 3.05) is 45.9 Å². The van der Waals surface area contributed by atoms with E-state index in [9.17, 15) is 4.79 Å². The second-order valence-corrected chi connectivity index (χ2v) is 11.4. The van der Waals surface area contributed by atoms with E-state index in [1.54, 1.807) is 26.0 Å². The van der Waals surface area contributed by atoms with Crippen LogP contribution < -0.4 is 19.7 Å². The summed E-state index contributed by atoms with van der Waals surface area (Å²) in [5.41, 5.74) is 4.73. The quantitative estimate of drug-likeness (QED) is 0.147. The number of nitrogens with zero attached hydrogens (tertiary/aromatic N) is 3. The molecule has 0 aliphatic carbocycles. The molecule has 1 aliphatic rings. The number of benzene rings is 3. The normalized spacial score (nSPS) is 14.3. The molecule has 0 bridgehead atoms. The maximum Gasteiger partial charge on any atom is 0.251 e. The summed E-state index contributed by atoms with van der Waals surface area (Å²) in [7, 11) is 5.34. The minimum Gasteiger partial charge on any atom is -0.493 e. The molecule has 224 valence electrons. The van der Waals surface area contributed by atoms with E-state index in [4.69, 9.17) is 24.2 Å². The number of hydrogen-bond acceptors (Lipinski definition) is 8. The lowest BCUT2D eigenvalue weighted by Crippen LogP contribution is -2.31. The first-order valence-corrected chi connectivity index (χ1v) is 15.5. The number of likely N-dealkylation sites (N-methyl/N-ethyl adjacent to an activating group) is 1. The Morgan fingerprint density at radius 3 is 2.58 bits per heavy atom. The largest absolute Gasteiger partial charge is 0.493 e. The van der Waals surface area contributed by atoms with Gasteiger partial charge in [-0.2, -0.15) is 0 Å². The van der Waals surface area contributed by atoms with Crippen molar-refractivity contribution in [1.29, 1.82) is 0 Å². The van der Waals surface area contributed by atoms with E-state index in [0.717, 1.165) is 72.1 Å². The van der Waals surface area contributed by atoms with Crippen molar-refractivity contribution in [3.63, 3.8) is 0 Å². The molecule has 0 radical (unpaired) electrons. The standard InChI is InChI=1S/C34H38N4O4S/c1-38(17-16-24-14-15-30(40-2)31(20-24)41-3)32-21-29(26-10-5-4-6-11-26)36-34(37-32)43-23-25-9-7-12-27(19-25)33(39)35-22-28-13-8-18-42-28/h4-7,9-12,14-15,19-21,28H,8,13,16-18,22-23H2,1-3H3,(H,35,39). The lowest BCUT2D eigenvalue weighted by atomic mass is 10.1. The Morgan fingerprint density at radius 1 is 0.977 bits per heavy atom. The second-order valence-electron chi connectivity index (χ2n) is 10.5. The minimum atomic E-state index is -0.0805. The Kier molecular flexibility index (Phi) is 10.5. The van der Waals surface area contributed by atoms with E-state index >= 15 is 0 Å². The predicted octanol–water partition coefficient (Wildman–Crippen LogP) is 6.04. The molecular formula is C34H38N4O4S. The van der Waals surface area contributed by atoms with Gasteiger partial charge in [0.15, 0.2) is 16.7 Å². The number of hydrogen-bond donors (Lipinski definition) is 1. The van der Waals surface area contributed by atoms with Gasteiger partial charge in [0.25, 0.3) is 5.91 Å². The number of aromatic nitrogens is 2. The van der Waals surface area contributed by atoms with Crippen LogP contribution in [0.3, 0.4) is 0 Å². The number of nitrogens with one attached hydrogen (secondary N) is 1. The van der Waals surface area contributed by atoms with E-state index in [1.807, 2.05) is 67.7 Å². The minimum absolute atomic E-state index is 0.0805. The molecule has 8 nitrogen and oxygen atoms in total. The first-order chi connectivity index (χ1) is 21.0. The number of anilines is 1. The summed E-state index contributed by atoms with van der Waals surface area (Å²) >= 11 is 1.56. The van der Waals surface area contributed by atoms with Crippen molar-refractivity contribution in [3.8, 4) is 22.8 Å². The molecule has 1 atom stereocenters. The Labute approximate surface area is 257 Å². The van der Waals surface area contributed by atoms with Gasteiger partial charge >= 0.3 is 0 Å². The number of carbonyl (C=O) groups is 1. The fraction of sp³-hybridized carbons (Fsp3) is 0.324. The predicted molar refractivity (Wildman–Crippen MR) is 171 cm³/mol. The highest BCUT2D eigenvalue weighted by atomic mass is 32.2. The molecule has 1 aliphatic heterocycles. The van der Waals surface area contributed by atoms with E-state index < -0.39 is 0 Å². The Hall–Kier alpha value is -4.08. The van der Waals surface area contributed by atoms with Crippen LogP contribution in [0.25, 0.3) is 11.3 Å². The van der Waals surface area contributed by atoms with Crippen LogP contribution in [-0.4, -0.2) is 62.9 Å². The third-order valence-electron chi connectivity index (χ3n) is 7.41. The zero-order valence-corrected chi connectivity index (χ0v) is 25.7. The highest BCUT2D eigenvalue weighted by Gasteiger charge is 2.17. The van der Waals surface area contributed by atoms with E-state index in [1.165, 1.54) is 0 Å². The molecule has 4 aromatic rings. The maximum atomic E-state index is 12.8. The maximum absolute atomic E-state index is 12.8. The molecule has 1 aromatic heterocycles.